The van der Waals surface area contributed by atoms with Gasteiger partial charge in [0, 0.05) is 65.9 Å². The van der Waals surface area contributed by atoms with Gasteiger partial charge in [0.1, 0.15) is 28.5 Å². The molecular formula is C24H29N7O2S. The van der Waals surface area contributed by atoms with E-state index in [9.17, 15) is 14.3 Å². The van der Waals surface area contributed by atoms with Crippen molar-refractivity contribution in [2.24, 2.45) is 0 Å². The van der Waals surface area contributed by atoms with Gasteiger partial charge < -0.3 is 14.7 Å². The molecule has 2 aromatic rings. The largest absolute Gasteiger partial charge is 0.352 e. The van der Waals surface area contributed by atoms with Gasteiger partial charge in [-0.25, -0.2) is 15.0 Å². The highest BCUT2D eigenvalue weighted by molar-refractivity contribution is 7.88. The summed E-state index contributed by atoms with van der Waals surface area (Å²) in [6, 6.07) is 5.64. The fourth-order valence-electron chi connectivity index (χ4n) is 5.24. The number of aromatic nitrogens is 3. The van der Waals surface area contributed by atoms with E-state index in [1.165, 1.54) is 0 Å². The van der Waals surface area contributed by atoms with Crippen molar-refractivity contribution < 1.29 is 9.00 Å². The van der Waals surface area contributed by atoms with Gasteiger partial charge in [0.2, 0.25) is 5.91 Å². The molecule has 2 saturated heterocycles. The van der Waals surface area contributed by atoms with Gasteiger partial charge in [0.25, 0.3) is 0 Å². The summed E-state index contributed by atoms with van der Waals surface area (Å²) >= 11 is 0. The van der Waals surface area contributed by atoms with E-state index in [0.717, 1.165) is 17.2 Å². The van der Waals surface area contributed by atoms with Gasteiger partial charge >= 0.3 is 0 Å². The van der Waals surface area contributed by atoms with Gasteiger partial charge in [-0.2, -0.15) is 5.26 Å². The molecule has 2 aromatic heterocycles. The average molecular weight is 480 g/mol. The third-order valence-electron chi connectivity index (χ3n) is 7.35. The highest BCUT2D eigenvalue weighted by Crippen LogP contribution is 2.46. The van der Waals surface area contributed by atoms with Crippen LogP contribution in [0.25, 0.3) is 0 Å². The molecule has 3 unspecified atom stereocenters. The molecule has 2 fully saturated rings. The number of hydrogen-bond donors (Lipinski definition) is 0. The first-order valence-corrected chi connectivity index (χ1v) is 12.9. The molecule has 3 aliphatic rings. The molecule has 5 heterocycles. The van der Waals surface area contributed by atoms with Crippen LogP contribution < -0.4 is 9.80 Å². The number of rotatable bonds is 3. The van der Waals surface area contributed by atoms with Crippen LogP contribution in [0, 0.1) is 11.3 Å². The van der Waals surface area contributed by atoms with Crippen LogP contribution in [0.5, 0.6) is 0 Å². The number of nitrogens with zero attached hydrogens (tertiary/aromatic N) is 7. The Morgan fingerprint density at radius 3 is 2.62 bits per heavy atom. The second-order valence-electron chi connectivity index (χ2n) is 10.2. The van der Waals surface area contributed by atoms with E-state index in [1.54, 1.807) is 24.7 Å². The van der Waals surface area contributed by atoms with Crippen molar-refractivity contribution in [3.8, 4) is 6.07 Å². The Morgan fingerprint density at radius 2 is 1.97 bits per heavy atom. The zero-order valence-corrected chi connectivity index (χ0v) is 20.8. The maximum Gasteiger partial charge on any atom is 0.241 e. The van der Waals surface area contributed by atoms with E-state index in [0.29, 0.717) is 49.7 Å². The third kappa shape index (κ3) is 3.45. The first-order valence-electron chi connectivity index (χ1n) is 11.6. The summed E-state index contributed by atoms with van der Waals surface area (Å²) in [5, 5.41) is 9.31. The maximum absolute atomic E-state index is 13.2. The van der Waals surface area contributed by atoms with E-state index >= 15 is 0 Å². The molecule has 0 N–H and O–H groups in total. The zero-order chi connectivity index (χ0) is 24.3. The lowest BCUT2D eigenvalue weighted by molar-refractivity contribution is -0.136. The summed E-state index contributed by atoms with van der Waals surface area (Å²) in [7, 11) is -1.08. The topological polar surface area (TPSA) is 106 Å². The molecule has 3 aliphatic heterocycles. The van der Waals surface area contributed by atoms with Crippen molar-refractivity contribution in [1.82, 2.24) is 19.9 Å². The summed E-state index contributed by atoms with van der Waals surface area (Å²) < 4.78 is 11.5. The van der Waals surface area contributed by atoms with E-state index in [-0.39, 0.29) is 17.4 Å². The number of piperazine rings is 1. The smallest absolute Gasteiger partial charge is 0.241 e. The fraction of sp³-hybridized carbons (Fsp3) is 0.542. The second-order valence-corrected chi connectivity index (χ2v) is 12.2. The third-order valence-corrected chi connectivity index (χ3v) is 9.31. The molecule has 178 valence electrons. The molecule has 34 heavy (non-hydrogen) atoms. The molecular weight excluding hydrogens is 450 g/mol. The lowest BCUT2D eigenvalue weighted by atomic mass is 9.87. The van der Waals surface area contributed by atoms with Gasteiger partial charge in [0.15, 0.2) is 0 Å². The van der Waals surface area contributed by atoms with Gasteiger partial charge in [-0.3, -0.25) is 9.00 Å². The second kappa shape index (κ2) is 8.01. The van der Waals surface area contributed by atoms with Crippen molar-refractivity contribution in [3.05, 3.63) is 35.8 Å². The molecule has 3 atom stereocenters. The highest BCUT2D eigenvalue weighted by Gasteiger charge is 2.50. The van der Waals surface area contributed by atoms with Crippen LogP contribution in [0.2, 0.25) is 0 Å². The number of carbonyl (C=O) groups excluding carboxylic acids is 1. The fourth-order valence-corrected chi connectivity index (χ4v) is 6.54. The number of amides is 1. The Balaban J connectivity index is 1.43. The minimum atomic E-state index is -1.08. The van der Waals surface area contributed by atoms with Crippen molar-refractivity contribution in [3.63, 3.8) is 0 Å². The van der Waals surface area contributed by atoms with Crippen molar-refractivity contribution in [2.75, 3.05) is 41.7 Å². The Hall–Kier alpha value is -3.06. The summed E-state index contributed by atoms with van der Waals surface area (Å²) in [5.74, 6) is 3.00. The Kier molecular flexibility index (Phi) is 5.35. The van der Waals surface area contributed by atoms with Crippen LogP contribution in [0.4, 0.5) is 17.5 Å². The van der Waals surface area contributed by atoms with Crippen LogP contribution in [0.3, 0.4) is 0 Å². The molecule has 9 nitrogen and oxygen atoms in total. The number of hydrogen-bond acceptors (Lipinski definition) is 8. The van der Waals surface area contributed by atoms with Crippen molar-refractivity contribution in [2.45, 2.75) is 50.3 Å². The molecule has 1 amide bonds. The Bertz CT molecular complexity index is 1230. The zero-order valence-electron chi connectivity index (χ0n) is 20.0. The molecule has 0 aliphatic carbocycles. The first kappa shape index (κ1) is 22.7. The number of anilines is 3. The Morgan fingerprint density at radius 1 is 1.21 bits per heavy atom. The summed E-state index contributed by atoms with van der Waals surface area (Å²) in [4.78, 5) is 33.1. The van der Waals surface area contributed by atoms with E-state index < -0.39 is 15.5 Å². The molecule has 0 bridgehead atoms. The molecule has 0 saturated carbocycles. The first-order chi connectivity index (χ1) is 16.2. The molecule has 0 radical (unpaired) electrons. The number of fused-ring (bicyclic) bond motifs is 1. The molecule has 0 spiro atoms. The standard InChI is InChI=1S/C24H29N7O2S/c1-16-13-29(8-9-30(16)22(32)24(4)6-10-34(24)33)20-19-21(28-15-27-20)31(14-23(19,2)3)18-11-17(12-25)5-7-26-18/h5,7,11,15-16H,6,8-10,13-14H2,1-4H3. The van der Waals surface area contributed by atoms with Crippen LogP contribution in [-0.2, 0) is 21.0 Å². The number of carbonyl (C=O) groups is 1. The monoisotopic (exact) mass is 479 g/mol. The van der Waals surface area contributed by atoms with Crippen LogP contribution in [-0.4, -0.2) is 72.7 Å². The number of nitriles is 1. The van der Waals surface area contributed by atoms with Gasteiger partial charge in [0.05, 0.1) is 11.6 Å². The van der Waals surface area contributed by atoms with E-state index in [4.69, 9.17) is 0 Å². The molecule has 10 heteroatoms. The van der Waals surface area contributed by atoms with Crippen LogP contribution in [0.15, 0.2) is 24.7 Å². The lowest BCUT2D eigenvalue weighted by Gasteiger charge is -2.46. The average Bonchev–Trinajstić information content (AvgIpc) is 3.13. The van der Waals surface area contributed by atoms with Gasteiger partial charge in [-0.15, -0.1) is 0 Å². The van der Waals surface area contributed by atoms with Gasteiger partial charge in [-0.1, -0.05) is 13.8 Å². The number of pyridine rings is 1. The van der Waals surface area contributed by atoms with Crippen molar-refractivity contribution >= 4 is 34.2 Å². The predicted molar refractivity (Wildman–Crippen MR) is 130 cm³/mol. The SMILES string of the molecule is CC1CN(c2ncnc3c2C(C)(C)CN3c2cc(C#N)ccn2)CCN1C(=O)C1(C)CCS1=O. The summed E-state index contributed by atoms with van der Waals surface area (Å²) in [6.07, 6.45) is 3.92. The maximum atomic E-state index is 13.2. The highest BCUT2D eigenvalue weighted by atomic mass is 32.2. The van der Waals surface area contributed by atoms with Crippen molar-refractivity contribution in [1.29, 1.82) is 5.26 Å². The molecule has 0 aromatic carbocycles. The summed E-state index contributed by atoms with van der Waals surface area (Å²) in [6.45, 7) is 10.8. The minimum absolute atomic E-state index is 0.00658. The quantitative estimate of drug-likeness (QED) is 0.659. The summed E-state index contributed by atoms with van der Waals surface area (Å²) in [5.41, 5.74) is 1.38. The van der Waals surface area contributed by atoms with Gasteiger partial charge in [-0.05, 0) is 32.4 Å². The Labute approximate surface area is 202 Å². The minimum Gasteiger partial charge on any atom is -0.352 e. The van der Waals surface area contributed by atoms with Crippen LogP contribution >= 0.6 is 0 Å². The van der Waals surface area contributed by atoms with E-state index in [2.05, 4.69) is 44.7 Å². The predicted octanol–water partition coefficient (Wildman–Crippen LogP) is 2.12. The normalized spacial score (nSPS) is 27.7. The van der Waals surface area contributed by atoms with E-state index in [1.807, 2.05) is 18.7 Å². The lowest BCUT2D eigenvalue weighted by Crippen LogP contribution is -2.63. The molecule has 5 rings (SSSR count). The van der Waals surface area contributed by atoms with Crippen LogP contribution in [0.1, 0.15) is 45.2 Å².